The van der Waals surface area contributed by atoms with Gasteiger partial charge in [-0.25, -0.2) is 0 Å². The fourth-order valence-corrected chi connectivity index (χ4v) is 3.03. The summed E-state index contributed by atoms with van der Waals surface area (Å²) in [6.45, 7) is 4.33. The molecule has 3 rings (SSSR count). The van der Waals surface area contributed by atoms with Gasteiger partial charge in [0.15, 0.2) is 0 Å². The molecule has 0 atom stereocenters. The first kappa shape index (κ1) is 15.3. The van der Waals surface area contributed by atoms with E-state index in [4.69, 9.17) is 0 Å². The lowest BCUT2D eigenvalue weighted by Crippen LogP contribution is -2.10. The molecule has 116 valence electrons. The number of hydrogen-bond acceptors (Lipinski definition) is 3. The fourth-order valence-electron chi connectivity index (χ4n) is 3.03. The number of benzene rings is 1. The zero-order chi connectivity index (χ0) is 16.2. The minimum Gasteiger partial charge on any atom is -0.299 e. The van der Waals surface area contributed by atoms with Crippen LogP contribution in [0.25, 0.3) is 10.9 Å². The number of carbonyl (C=O) groups is 1. The third kappa shape index (κ3) is 3.45. The summed E-state index contributed by atoms with van der Waals surface area (Å²) in [5, 5.41) is 1.15. The Bertz CT molecular complexity index is 825. The molecular formula is C20H20N2O. The summed E-state index contributed by atoms with van der Waals surface area (Å²) in [7, 11) is 0. The summed E-state index contributed by atoms with van der Waals surface area (Å²) in [4.78, 5) is 21.0. The number of aromatic nitrogens is 2. The van der Waals surface area contributed by atoms with E-state index in [-0.39, 0.29) is 5.78 Å². The SMILES string of the molecule is CC(C)c1c(CC(=O)Cc2cccnc2)cnc2ccccc12. The highest BCUT2D eigenvalue weighted by molar-refractivity contribution is 5.87. The Labute approximate surface area is 136 Å². The second-order valence-corrected chi connectivity index (χ2v) is 6.12. The van der Waals surface area contributed by atoms with Crippen LogP contribution in [0, 0.1) is 0 Å². The van der Waals surface area contributed by atoms with Gasteiger partial charge in [0, 0.05) is 36.8 Å². The Morgan fingerprint density at radius 1 is 1.04 bits per heavy atom. The number of Topliss-reactive ketones (excluding diaryl/α,β-unsaturated/α-hetero) is 1. The number of rotatable bonds is 5. The van der Waals surface area contributed by atoms with Crippen LogP contribution in [0.2, 0.25) is 0 Å². The minimum atomic E-state index is 0.192. The van der Waals surface area contributed by atoms with Crippen molar-refractivity contribution in [2.45, 2.75) is 32.6 Å². The highest BCUT2D eigenvalue weighted by Gasteiger charge is 2.15. The molecule has 0 fully saturated rings. The van der Waals surface area contributed by atoms with Crippen molar-refractivity contribution in [1.82, 2.24) is 9.97 Å². The number of fused-ring (bicyclic) bond motifs is 1. The molecule has 0 bridgehead atoms. The molecule has 0 aliphatic carbocycles. The molecule has 0 aliphatic heterocycles. The number of nitrogens with zero attached hydrogens (tertiary/aromatic N) is 2. The van der Waals surface area contributed by atoms with Gasteiger partial charge < -0.3 is 0 Å². The topological polar surface area (TPSA) is 42.9 Å². The molecule has 0 aliphatic rings. The van der Waals surface area contributed by atoms with Gasteiger partial charge in [-0.3, -0.25) is 14.8 Å². The second-order valence-electron chi connectivity index (χ2n) is 6.12. The first-order valence-electron chi connectivity index (χ1n) is 7.92. The van der Waals surface area contributed by atoms with Crippen LogP contribution >= 0.6 is 0 Å². The Balaban J connectivity index is 1.90. The standard InChI is InChI=1S/C20H20N2O/c1-14(2)20-16(13-22-19-8-4-3-7-18(19)20)11-17(23)10-15-6-5-9-21-12-15/h3-9,12-14H,10-11H2,1-2H3. The molecule has 0 saturated heterocycles. The van der Waals surface area contributed by atoms with E-state index in [1.165, 1.54) is 5.56 Å². The van der Waals surface area contributed by atoms with E-state index in [1.807, 2.05) is 36.5 Å². The third-order valence-electron chi connectivity index (χ3n) is 3.99. The van der Waals surface area contributed by atoms with E-state index in [0.29, 0.717) is 18.8 Å². The molecule has 1 aromatic carbocycles. The molecule has 0 N–H and O–H groups in total. The first-order chi connectivity index (χ1) is 11.1. The van der Waals surface area contributed by atoms with Crippen LogP contribution in [0.15, 0.2) is 55.0 Å². The highest BCUT2D eigenvalue weighted by Crippen LogP contribution is 2.28. The lowest BCUT2D eigenvalue weighted by molar-refractivity contribution is -0.117. The van der Waals surface area contributed by atoms with Gasteiger partial charge in [-0.2, -0.15) is 0 Å². The van der Waals surface area contributed by atoms with Crippen LogP contribution in [0.1, 0.15) is 36.5 Å². The van der Waals surface area contributed by atoms with Gasteiger partial charge in [0.05, 0.1) is 5.52 Å². The zero-order valence-corrected chi connectivity index (χ0v) is 13.5. The molecule has 0 amide bonds. The maximum Gasteiger partial charge on any atom is 0.141 e. The third-order valence-corrected chi connectivity index (χ3v) is 3.99. The largest absolute Gasteiger partial charge is 0.299 e. The molecule has 3 aromatic rings. The van der Waals surface area contributed by atoms with E-state index in [2.05, 4.69) is 29.9 Å². The van der Waals surface area contributed by atoms with Crippen molar-refractivity contribution in [3.63, 3.8) is 0 Å². The van der Waals surface area contributed by atoms with Gasteiger partial charge in [0.1, 0.15) is 5.78 Å². The summed E-state index contributed by atoms with van der Waals surface area (Å²) in [5.41, 5.74) is 4.21. The number of ketones is 1. The number of pyridine rings is 2. The lowest BCUT2D eigenvalue weighted by Gasteiger charge is -2.15. The van der Waals surface area contributed by atoms with Crippen molar-refractivity contribution in [2.75, 3.05) is 0 Å². The maximum absolute atomic E-state index is 12.4. The predicted octanol–water partition coefficient (Wildman–Crippen LogP) is 4.11. The molecule has 2 aromatic heterocycles. The van der Waals surface area contributed by atoms with Gasteiger partial charge in [-0.1, -0.05) is 38.1 Å². The number of hydrogen-bond donors (Lipinski definition) is 0. The molecule has 3 heteroatoms. The summed E-state index contributed by atoms with van der Waals surface area (Å²) in [5.74, 6) is 0.543. The average Bonchev–Trinajstić information content (AvgIpc) is 2.55. The molecule has 23 heavy (non-hydrogen) atoms. The second kappa shape index (κ2) is 6.69. The van der Waals surface area contributed by atoms with Gasteiger partial charge >= 0.3 is 0 Å². The van der Waals surface area contributed by atoms with E-state index >= 15 is 0 Å². The quantitative estimate of drug-likeness (QED) is 0.712. The summed E-state index contributed by atoms with van der Waals surface area (Å²) in [6, 6.07) is 11.9. The first-order valence-corrected chi connectivity index (χ1v) is 7.92. The van der Waals surface area contributed by atoms with Gasteiger partial charge in [-0.05, 0) is 34.7 Å². The van der Waals surface area contributed by atoms with Gasteiger partial charge in [0.25, 0.3) is 0 Å². The predicted molar refractivity (Wildman–Crippen MR) is 92.5 cm³/mol. The van der Waals surface area contributed by atoms with Crippen LogP contribution in [0.3, 0.4) is 0 Å². The fraction of sp³-hybridized carbons (Fsp3) is 0.250. The van der Waals surface area contributed by atoms with Crippen molar-refractivity contribution >= 4 is 16.7 Å². The van der Waals surface area contributed by atoms with E-state index in [9.17, 15) is 4.79 Å². The van der Waals surface area contributed by atoms with Crippen molar-refractivity contribution in [1.29, 1.82) is 0 Å². The highest BCUT2D eigenvalue weighted by atomic mass is 16.1. The summed E-state index contributed by atoms with van der Waals surface area (Å²) < 4.78 is 0. The Kier molecular flexibility index (Phi) is 4.47. The monoisotopic (exact) mass is 304 g/mol. The molecule has 3 nitrogen and oxygen atoms in total. The molecule has 2 heterocycles. The van der Waals surface area contributed by atoms with Crippen LogP contribution < -0.4 is 0 Å². The molecule has 0 saturated carbocycles. The normalized spacial score (nSPS) is 11.1. The average molecular weight is 304 g/mol. The smallest absolute Gasteiger partial charge is 0.141 e. The lowest BCUT2D eigenvalue weighted by atomic mass is 9.91. The van der Waals surface area contributed by atoms with Gasteiger partial charge in [-0.15, -0.1) is 0 Å². The minimum absolute atomic E-state index is 0.192. The van der Waals surface area contributed by atoms with Gasteiger partial charge in [0.2, 0.25) is 0 Å². The Morgan fingerprint density at radius 3 is 2.61 bits per heavy atom. The van der Waals surface area contributed by atoms with Crippen LogP contribution in [-0.2, 0) is 17.6 Å². The summed E-state index contributed by atoms with van der Waals surface area (Å²) in [6.07, 6.45) is 6.16. The van der Waals surface area contributed by atoms with Crippen molar-refractivity contribution in [2.24, 2.45) is 0 Å². The van der Waals surface area contributed by atoms with Crippen LogP contribution in [0.5, 0.6) is 0 Å². The molecule has 0 radical (unpaired) electrons. The number of carbonyl (C=O) groups excluding carboxylic acids is 1. The molecular weight excluding hydrogens is 284 g/mol. The molecule has 0 spiro atoms. The van der Waals surface area contributed by atoms with Crippen molar-refractivity contribution in [3.8, 4) is 0 Å². The Hall–Kier alpha value is -2.55. The van der Waals surface area contributed by atoms with E-state index < -0.39 is 0 Å². The van der Waals surface area contributed by atoms with E-state index in [0.717, 1.165) is 22.0 Å². The van der Waals surface area contributed by atoms with Crippen LogP contribution in [-0.4, -0.2) is 15.8 Å². The van der Waals surface area contributed by atoms with Crippen molar-refractivity contribution < 1.29 is 4.79 Å². The molecule has 0 unspecified atom stereocenters. The van der Waals surface area contributed by atoms with Crippen molar-refractivity contribution in [3.05, 3.63) is 71.7 Å². The Morgan fingerprint density at radius 2 is 1.87 bits per heavy atom. The maximum atomic E-state index is 12.4. The van der Waals surface area contributed by atoms with Crippen LogP contribution in [0.4, 0.5) is 0 Å². The summed E-state index contributed by atoms with van der Waals surface area (Å²) >= 11 is 0. The number of para-hydroxylation sites is 1. The zero-order valence-electron chi connectivity index (χ0n) is 13.5. The van der Waals surface area contributed by atoms with E-state index in [1.54, 1.807) is 12.4 Å².